The summed E-state index contributed by atoms with van der Waals surface area (Å²) in [7, 11) is 0. The smallest absolute Gasteiger partial charge is 0.151 e. The van der Waals surface area contributed by atoms with Gasteiger partial charge in [-0.15, -0.1) is 0 Å². The van der Waals surface area contributed by atoms with E-state index in [2.05, 4.69) is 21.9 Å². The van der Waals surface area contributed by atoms with E-state index in [1.165, 1.54) is 0 Å². The van der Waals surface area contributed by atoms with E-state index in [-0.39, 0.29) is 0 Å². The Kier molecular flexibility index (Phi) is 6.69. The van der Waals surface area contributed by atoms with Crippen molar-refractivity contribution >= 4 is 0 Å². The summed E-state index contributed by atoms with van der Waals surface area (Å²) in [6, 6.07) is 16.1. The molecule has 0 radical (unpaired) electrons. The Balaban J connectivity index is 0.000000232. The number of rotatable bonds is 3. The van der Waals surface area contributed by atoms with Crippen LogP contribution in [0.1, 0.15) is 13.8 Å². The Labute approximate surface area is 108 Å². The topological polar surface area (TPSA) is 42.4 Å². The van der Waals surface area contributed by atoms with Crippen LogP contribution in [-0.2, 0) is 4.74 Å². The zero-order valence-electron chi connectivity index (χ0n) is 10.8. The summed E-state index contributed by atoms with van der Waals surface area (Å²) in [6.07, 6.45) is 1.21. The molecule has 3 nitrogen and oxygen atoms in total. The molecule has 0 saturated heterocycles. The lowest BCUT2D eigenvalue weighted by atomic mass is 10.1. The standard InChI is InChI=1S/C11H9N.C4H10O2/c1-2-6-10(7-3-1)11-8-4-5-9-12-11;1-3-6-4(2)5/h1-9H;4-5H,3H2,1-2H3. The normalized spacial score (nSPS) is 11.3. The van der Waals surface area contributed by atoms with Crippen LogP contribution in [0.4, 0.5) is 0 Å². The third kappa shape index (κ3) is 5.57. The Hall–Kier alpha value is -1.71. The van der Waals surface area contributed by atoms with Gasteiger partial charge in [-0.1, -0.05) is 36.4 Å². The van der Waals surface area contributed by atoms with E-state index in [1.807, 2.05) is 49.5 Å². The van der Waals surface area contributed by atoms with Crippen LogP contribution < -0.4 is 0 Å². The molecule has 1 atom stereocenters. The van der Waals surface area contributed by atoms with E-state index in [0.717, 1.165) is 11.3 Å². The van der Waals surface area contributed by atoms with Crippen molar-refractivity contribution < 1.29 is 9.84 Å². The number of aromatic nitrogens is 1. The molecule has 1 N–H and O–H groups in total. The van der Waals surface area contributed by atoms with Gasteiger partial charge < -0.3 is 9.84 Å². The molecule has 1 heterocycles. The first-order chi connectivity index (χ1) is 8.74. The molecule has 0 aliphatic carbocycles. The molecule has 0 fully saturated rings. The molecule has 96 valence electrons. The minimum Gasteiger partial charge on any atom is -0.368 e. The molecule has 18 heavy (non-hydrogen) atoms. The van der Waals surface area contributed by atoms with Gasteiger partial charge in [0.2, 0.25) is 0 Å². The van der Waals surface area contributed by atoms with Crippen molar-refractivity contribution in [1.82, 2.24) is 4.98 Å². The largest absolute Gasteiger partial charge is 0.368 e. The summed E-state index contributed by atoms with van der Waals surface area (Å²) in [5.74, 6) is 0. The molecule has 3 heteroatoms. The highest BCUT2D eigenvalue weighted by atomic mass is 16.6. The zero-order chi connectivity index (χ0) is 13.2. The van der Waals surface area contributed by atoms with Crippen LogP contribution in [0.25, 0.3) is 11.3 Å². The first kappa shape index (κ1) is 14.4. The van der Waals surface area contributed by atoms with Gasteiger partial charge in [0.25, 0.3) is 0 Å². The lowest BCUT2D eigenvalue weighted by molar-refractivity contribution is -0.0800. The number of benzene rings is 1. The van der Waals surface area contributed by atoms with Crippen LogP contribution in [0, 0.1) is 0 Å². The lowest BCUT2D eigenvalue weighted by Gasteiger charge is -1.99. The number of ether oxygens (including phenoxy) is 1. The Morgan fingerprint density at radius 3 is 2.22 bits per heavy atom. The number of pyridine rings is 1. The number of hydrogen-bond donors (Lipinski definition) is 1. The molecular weight excluding hydrogens is 226 g/mol. The predicted octanol–water partition coefficient (Wildman–Crippen LogP) is 3.11. The fourth-order valence-corrected chi connectivity index (χ4v) is 1.38. The maximum absolute atomic E-state index is 8.33. The van der Waals surface area contributed by atoms with E-state index < -0.39 is 6.29 Å². The van der Waals surface area contributed by atoms with Gasteiger partial charge in [-0.25, -0.2) is 0 Å². The second-order valence-electron chi connectivity index (χ2n) is 3.64. The van der Waals surface area contributed by atoms with Gasteiger partial charge in [-0.05, 0) is 26.0 Å². The average Bonchev–Trinajstić information content (AvgIpc) is 2.41. The van der Waals surface area contributed by atoms with Crippen LogP contribution in [-0.4, -0.2) is 23.0 Å². The summed E-state index contributed by atoms with van der Waals surface area (Å²) in [4.78, 5) is 4.25. The van der Waals surface area contributed by atoms with E-state index >= 15 is 0 Å². The van der Waals surface area contributed by atoms with Crippen molar-refractivity contribution in [2.75, 3.05) is 6.61 Å². The van der Waals surface area contributed by atoms with Gasteiger partial charge in [-0.2, -0.15) is 0 Å². The van der Waals surface area contributed by atoms with E-state index in [1.54, 1.807) is 6.92 Å². The van der Waals surface area contributed by atoms with Crippen LogP contribution >= 0.6 is 0 Å². The third-order valence-corrected chi connectivity index (χ3v) is 2.14. The fourth-order valence-electron chi connectivity index (χ4n) is 1.38. The van der Waals surface area contributed by atoms with Gasteiger partial charge in [0.05, 0.1) is 5.69 Å². The summed E-state index contributed by atoms with van der Waals surface area (Å²) in [6.45, 7) is 4.01. The highest BCUT2D eigenvalue weighted by Crippen LogP contribution is 2.14. The van der Waals surface area contributed by atoms with Gasteiger partial charge in [-0.3, -0.25) is 4.98 Å². The second-order valence-corrected chi connectivity index (χ2v) is 3.64. The number of aliphatic hydroxyl groups excluding tert-OH is 1. The van der Waals surface area contributed by atoms with Crippen LogP contribution in [0.15, 0.2) is 54.7 Å². The van der Waals surface area contributed by atoms with Gasteiger partial charge >= 0.3 is 0 Å². The summed E-state index contributed by atoms with van der Waals surface area (Å²) in [5.41, 5.74) is 2.19. The zero-order valence-corrected chi connectivity index (χ0v) is 10.8. The molecule has 0 spiro atoms. The number of nitrogens with zero attached hydrogens (tertiary/aromatic N) is 1. The highest BCUT2D eigenvalue weighted by molar-refractivity contribution is 5.58. The quantitative estimate of drug-likeness (QED) is 0.845. The molecular formula is C15H19NO2. The van der Waals surface area contributed by atoms with Crippen molar-refractivity contribution in [3.05, 3.63) is 54.7 Å². The first-order valence-corrected chi connectivity index (χ1v) is 6.00. The van der Waals surface area contributed by atoms with Crippen molar-refractivity contribution in [2.45, 2.75) is 20.1 Å². The van der Waals surface area contributed by atoms with Crippen LogP contribution in [0.3, 0.4) is 0 Å². The molecule has 1 aromatic carbocycles. The second kappa shape index (κ2) is 8.39. The first-order valence-electron chi connectivity index (χ1n) is 6.00. The molecule has 1 aromatic heterocycles. The maximum atomic E-state index is 8.33. The maximum Gasteiger partial charge on any atom is 0.151 e. The van der Waals surface area contributed by atoms with Crippen molar-refractivity contribution in [1.29, 1.82) is 0 Å². The van der Waals surface area contributed by atoms with E-state index in [4.69, 9.17) is 5.11 Å². The molecule has 0 saturated carbocycles. The van der Waals surface area contributed by atoms with Gasteiger partial charge in [0.15, 0.2) is 6.29 Å². The molecule has 0 aliphatic rings. The fraction of sp³-hybridized carbons (Fsp3) is 0.267. The van der Waals surface area contributed by atoms with E-state index in [0.29, 0.717) is 6.61 Å². The minimum absolute atomic E-state index is 0.581. The van der Waals surface area contributed by atoms with Crippen molar-refractivity contribution in [3.63, 3.8) is 0 Å². The Morgan fingerprint density at radius 1 is 1.11 bits per heavy atom. The molecule has 0 bridgehead atoms. The van der Waals surface area contributed by atoms with Crippen LogP contribution in [0.5, 0.6) is 0 Å². The average molecular weight is 245 g/mol. The van der Waals surface area contributed by atoms with Gasteiger partial charge in [0, 0.05) is 18.4 Å². The minimum atomic E-state index is -0.602. The molecule has 0 amide bonds. The SMILES string of the molecule is CCOC(C)O.c1ccc(-c2ccccn2)cc1. The summed E-state index contributed by atoms with van der Waals surface area (Å²) < 4.78 is 4.60. The highest BCUT2D eigenvalue weighted by Gasteiger charge is 1.93. The predicted molar refractivity (Wildman–Crippen MR) is 73.0 cm³/mol. The number of hydrogen-bond acceptors (Lipinski definition) is 3. The summed E-state index contributed by atoms with van der Waals surface area (Å²) in [5, 5.41) is 8.33. The monoisotopic (exact) mass is 245 g/mol. The molecule has 1 unspecified atom stereocenters. The molecule has 2 aromatic rings. The Morgan fingerprint density at radius 2 is 1.78 bits per heavy atom. The molecule has 0 aliphatic heterocycles. The lowest BCUT2D eigenvalue weighted by Crippen LogP contribution is -2.04. The molecule has 2 rings (SSSR count). The van der Waals surface area contributed by atoms with E-state index in [9.17, 15) is 0 Å². The van der Waals surface area contributed by atoms with Crippen LogP contribution in [0.2, 0.25) is 0 Å². The third-order valence-electron chi connectivity index (χ3n) is 2.14. The summed E-state index contributed by atoms with van der Waals surface area (Å²) >= 11 is 0. The van der Waals surface area contributed by atoms with Crippen molar-refractivity contribution in [3.8, 4) is 11.3 Å². The Bertz CT molecular complexity index is 378. The number of aliphatic hydroxyl groups is 1. The van der Waals surface area contributed by atoms with Gasteiger partial charge in [0.1, 0.15) is 0 Å². The van der Waals surface area contributed by atoms with Crippen molar-refractivity contribution in [2.24, 2.45) is 0 Å².